The van der Waals surface area contributed by atoms with Crippen LogP contribution in [-0.2, 0) is 17.4 Å². The summed E-state index contributed by atoms with van der Waals surface area (Å²) < 4.78 is 14.0. The van der Waals surface area contributed by atoms with Crippen LogP contribution in [0.15, 0.2) is 53.8 Å². The van der Waals surface area contributed by atoms with E-state index in [-0.39, 0.29) is 5.56 Å². The number of nitrogens with one attached hydrogen (secondary N) is 2. The second kappa shape index (κ2) is 7.21. The van der Waals surface area contributed by atoms with Crippen LogP contribution in [0.25, 0.3) is 16.6 Å². The van der Waals surface area contributed by atoms with Crippen molar-refractivity contribution >= 4 is 39.2 Å². The van der Waals surface area contributed by atoms with E-state index in [1.807, 2.05) is 18.2 Å². The minimum atomic E-state index is -1.22. The highest BCUT2D eigenvalue weighted by atomic mass is 35.5. The van der Waals surface area contributed by atoms with Gasteiger partial charge in [0.1, 0.15) is 16.8 Å². The van der Waals surface area contributed by atoms with E-state index in [1.165, 1.54) is 6.26 Å². The second-order valence-corrected chi connectivity index (χ2v) is 7.13. The van der Waals surface area contributed by atoms with E-state index in [0.717, 1.165) is 11.1 Å². The molecule has 0 amide bonds. The first-order valence-electron chi connectivity index (χ1n) is 7.49. The number of fused-ring (bicyclic) bond motifs is 1. The second-order valence-electron chi connectivity index (χ2n) is 5.59. The van der Waals surface area contributed by atoms with Gasteiger partial charge in [-0.3, -0.25) is 4.79 Å². The van der Waals surface area contributed by atoms with Gasteiger partial charge in [0, 0.05) is 29.0 Å². The summed E-state index contributed by atoms with van der Waals surface area (Å²) in [5, 5.41) is 1.13. The SMILES string of the molecule is C=C(NS(C)=O)c1ccc2c(=O)[nH]c(Cc3cccc(Cl)c3)nc2c1. The molecule has 0 saturated heterocycles. The molecule has 3 aromatic rings. The molecule has 0 bridgehead atoms. The van der Waals surface area contributed by atoms with Crippen LogP contribution in [0.2, 0.25) is 5.02 Å². The lowest BCUT2D eigenvalue weighted by atomic mass is 10.1. The summed E-state index contributed by atoms with van der Waals surface area (Å²) in [4.78, 5) is 19.6. The average Bonchev–Trinajstić information content (AvgIpc) is 2.53. The van der Waals surface area contributed by atoms with Crippen LogP contribution in [0, 0.1) is 0 Å². The number of hydrogen-bond donors (Lipinski definition) is 2. The van der Waals surface area contributed by atoms with E-state index in [0.29, 0.717) is 33.9 Å². The van der Waals surface area contributed by atoms with E-state index in [1.54, 1.807) is 24.3 Å². The van der Waals surface area contributed by atoms with Crippen molar-refractivity contribution < 1.29 is 4.21 Å². The molecule has 1 unspecified atom stereocenters. The van der Waals surface area contributed by atoms with Gasteiger partial charge in [-0.25, -0.2) is 9.19 Å². The third-order valence-electron chi connectivity index (χ3n) is 3.63. The monoisotopic (exact) mass is 373 g/mol. The van der Waals surface area contributed by atoms with Crippen LogP contribution >= 0.6 is 11.6 Å². The molecule has 0 aliphatic rings. The van der Waals surface area contributed by atoms with Gasteiger partial charge in [0.25, 0.3) is 5.56 Å². The zero-order chi connectivity index (χ0) is 18.0. The van der Waals surface area contributed by atoms with Crippen LogP contribution in [0.4, 0.5) is 0 Å². The van der Waals surface area contributed by atoms with Crippen molar-refractivity contribution in [2.24, 2.45) is 0 Å². The molecule has 0 spiro atoms. The first kappa shape index (κ1) is 17.4. The Kier molecular flexibility index (Phi) is 5.01. The van der Waals surface area contributed by atoms with Gasteiger partial charge >= 0.3 is 0 Å². The number of aromatic amines is 1. The Morgan fingerprint density at radius 3 is 2.84 bits per heavy atom. The van der Waals surface area contributed by atoms with Crippen molar-refractivity contribution in [3.63, 3.8) is 0 Å². The standard InChI is InChI=1S/C18H16ClN3O2S/c1-11(22-25(2)24)13-6-7-15-16(10-13)20-17(21-18(15)23)9-12-4-3-5-14(19)8-12/h3-8,10,22H,1,9H2,2H3,(H,20,21,23). The van der Waals surface area contributed by atoms with Gasteiger partial charge in [0.2, 0.25) is 0 Å². The van der Waals surface area contributed by atoms with E-state index < -0.39 is 11.0 Å². The van der Waals surface area contributed by atoms with Gasteiger partial charge in [-0.1, -0.05) is 36.4 Å². The summed E-state index contributed by atoms with van der Waals surface area (Å²) in [6.07, 6.45) is 1.99. The van der Waals surface area contributed by atoms with Crippen LogP contribution in [0.1, 0.15) is 17.0 Å². The summed E-state index contributed by atoms with van der Waals surface area (Å²) in [5.41, 5.74) is 2.56. The molecular weight excluding hydrogens is 358 g/mol. The summed E-state index contributed by atoms with van der Waals surface area (Å²) in [6.45, 7) is 3.86. The molecule has 2 aromatic carbocycles. The third-order valence-corrected chi connectivity index (χ3v) is 4.40. The highest BCUT2D eigenvalue weighted by Gasteiger charge is 2.08. The zero-order valence-corrected chi connectivity index (χ0v) is 15.1. The summed E-state index contributed by atoms with van der Waals surface area (Å²) in [6, 6.07) is 12.6. The van der Waals surface area contributed by atoms with Gasteiger partial charge in [0.15, 0.2) is 0 Å². The van der Waals surface area contributed by atoms with E-state index in [9.17, 15) is 9.00 Å². The maximum Gasteiger partial charge on any atom is 0.258 e. The van der Waals surface area contributed by atoms with Crippen LogP contribution < -0.4 is 10.3 Å². The number of H-pyrrole nitrogens is 1. The molecule has 0 saturated carbocycles. The molecule has 0 aliphatic carbocycles. The third kappa shape index (κ3) is 4.15. The molecule has 128 valence electrons. The molecular formula is C18H16ClN3O2S. The van der Waals surface area contributed by atoms with Crippen molar-refractivity contribution in [3.8, 4) is 0 Å². The summed E-state index contributed by atoms with van der Waals surface area (Å²) in [7, 11) is -1.22. The minimum absolute atomic E-state index is 0.203. The predicted octanol–water partition coefficient (Wildman–Crippen LogP) is 3.02. The van der Waals surface area contributed by atoms with Gasteiger partial charge in [-0.05, 0) is 29.8 Å². The number of nitrogens with zero attached hydrogens (tertiary/aromatic N) is 1. The van der Waals surface area contributed by atoms with Crippen LogP contribution in [0.3, 0.4) is 0 Å². The Bertz CT molecular complexity index is 1050. The first-order chi connectivity index (χ1) is 11.9. The normalized spacial score (nSPS) is 12.1. The molecule has 3 rings (SSSR count). The summed E-state index contributed by atoms with van der Waals surface area (Å²) in [5.74, 6) is 0.551. The topological polar surface area (TPSA) is 74.8 Å². The fourth-order valence-electron chi connectivity index (χ4n) is 2.53. The molecule has 5 nitrogen and oxygen atoms in total. The van der Waals surface area contributed by atoms with Crippen LogP contribution in [-0.4, -0.2) is 20.4 Å². The van der Waals surface area contributed by atoms with Crippen molar-refractivity contribution in [3.05, 3.63) is 81.4 Å². The molecule has 2 N–H and O–H groups in total. The van der Waals surface area contributed by atoms with Crippen LogP contribution in [0.5, 0.6) is 0 Å². The molecule has 0 fully saturated rings. The van der Waals surface area contributed by atoms with Crippen molar-refractivity contribution in [1.29, 1.82) is 0 Å². The highest BCUT2D eigenvalue weighted by molar-refractivity contribution is 7.82. The molecule has 1 aromatic heterocycles. The Hall–Kier alpha value is -2.44. The van der Waals surface area contributed by atoms with E-state index in [4.69, 9.17) is 11.6 Å². The lowest BCUT2D eigenvalue weighted by Crippen LogP contribution is -2.14. The Labute approximate surface area is 152 Å². The summed E-state index contributed by atoms with van der Waals surface area (Å²) >= 11 is 6.00. The first-order valence-corrected chi connectivity index (χ1v) is 9.43. The lowest BCUT2D eigenvalue weighted by molar-refractivity contribution is 0.684. The smallest absolute Gasteiger partial charge is 0.258 e. The van der Waals surface area contributed by atoms with Gasteiger partial charge in [-0.2, -0.15) is 0 Å². The maximum atomic E-state index is 12.3. The predicted molar refractivity (Wildman–Crippen MR) is 103 cm³/mol. The van der Waals surface area contributed by atoms with Gasteiger partial charge < -0.3 is 9.71 Å². The number of aromatic nitrogens is 2. The molecule has 0 aliphatic heterocycles. The number of halogens is 1. The van der Waals surface area contributed by atoms with Crippen molar-refractivity contribution in [1.82, 2.24) is 14.7 Å². The van der Waals surface area contributed by atoms with Crippen molar-refractivity contribution in [2.45, 2.75) is 6.42 Å². The minimum Gasteiger partial charge on any atom is -0.310 e. The number of rotatable bonds is 5. The Balaban J connectivity index is 2.00. The molecule has 25 heavy (non-hydrogen) atoms. The van der Waals surface area contributed by atoms with Gasteiger partial charge in [-0.15, -0.1) is 0 Å². The molecule has 1 heterocycles. The Morgan fingerprint density at radius 2 is 2.12 bits per heavy atom. The van der Waals surface area contributed by atoms with Gasteiger partial charge in [0.05, 0.1) is 10.9 Å². The molecule has 7 heteroatoms. The Morgan fingerprint density at radius 1 is 1.32 bits per heavy atom. The fraction of sp³-hybridized carbons (Fsp3) is 0.111. The average molecular weight is 374 g/mol. The highest BCUT2D eigenvalue weighted by Crippen LogP contribution is 2.17. The molecule has 1 atom stereocenters. The van der Waals surface area contributed by atoms with E-state index in [2.05, 4.69) is 21.3 Å². The maximum absolute atomic E-state index is 12.3. The van der Waals surface area contributed by atoms with E-state index >= 15 is 0 Å². The largest absolute Gasteiger partial charge is 0.310 e. The zero-order valence-electron chi connectivity index (χ0n) is 13.5. The quantitative estimate of drug-likeness (QED) is 0.721. The number of benzene rings is 2. The fourth-order valence-corrected chi connectivity index (χ4v) is 3.21. The lowest BCUT2D eigenvalue weighted by Gasteiger charge is -2.08. The van der Waals surface area contributed by atoms with Crippen molar-refractivity contribution in [2.75, 3.05) is 6.26 Å². The number of hydrogen-bond acceptors (Lipinski definition) is 3. The molecule has 0 radical (unpaired) electrons.